The molecule has 1 aromatic heterocycles. The van der Waals surface area contributed by atoms with E-state index in [2.05, 4.69) is 25.1 Å². The van der Waals surface area contributed by atoms with Crippen molar-refractivity contribution in [1.29, 1.82) is 0 Å². The summed E-state index contributed by atoms with van der Waals surface area (Å²) in [6.07, 6.45) is 0. The molecule has 0 amide bonds. The second-order valence-corrected chi connectivity index (χ2v) is 4.47. The van der Waals surface area contributed by atoms with Crippen LogP contribution in [0.1, 0.15) is 5.56 Å². The molecule has 0 bridgehead atoms. The smallest absolute Gasteiger partial charge is 0.0738 e. The highest BCUT2D eigenvalue weighted by molar-refractivity contribution is 5.85. The summed E-state index contributed by atoms with van der Waals surface area (Å²) in [6, 6.07) is 18.2. The molecule has 0 aliphatic carbocycles. The molecule has 0 atom stereocenters. The minimum Gasteiger partial charge on any atom is -0.399 e. The lowest BCUT2D eigenvalue weighted by Gasteiger charge is -2.08. The van der Waals surface area contributed by atoms with Gasteiger partial charge in [-0.1, -0.05) is 36.4 Å². The molecule has 2 N–H and O–H groups in total. The van der Waals surface area contributed by atoms with E-state index < -0.39 is 0 Å². The third kappa shape index (κ3) is 1.82. The molecule has 88 valence electrons. The minimum absolute atomic E-state index is 0.748. The average molecular weight is 234 g/mol. The van der Waals surface area contributed by atoms with E-state index in [4.69, 9.17) is 10.7 Å². The van der Waals surface area contributed by atoms with Gasteiger partial charge in [-0.25, -0.2) is 4.98 Å². The molecule has 0 aliphatic rings. The highest BCUT2D eigenvalue weighted by atomic mass is 14.7. The van der Waals surface area contributed by atoms with Crippen LogP contribution in [0.4, 0.5) is 5.69 Å². The van der Waals surface area contributed by atoms with E-state index in [9.17, 15) is 0 Å². The van der Waals surface area contributed by atoms with Crippen molar-refractivity contribution in [2.75, 3.05) is 5.73 Å². The molecule has 2 heteroatoms. The SMILES string of the molecule is Cc1cc2ccc(N)cc2nc1-c1ccccc1. The van der Waals surface area contributed by atoms with Crippen molar-refractivity contribution in [3.63, 3.8) is 0 Å². The fourth-order valence-electron chi connectivity index (χ4n) is 2.18. The summed E-state index contributed by atoms with van der Waals surface area (Å²) in [5.41, 5.74) is 10.8. The zero-order valence-corrected chi connectivity index (χ0v) is 10.2. The lowest BCUT2D eigenvalue weighted by molar-refractivity contribution is 1.33. The van der Waals surface area contributed by atoms with E-state index in [0.29, 0.717) is 0 Å². The molecular weight excluding hydrogens is 220 g/mol. The molecule has 0 radical (unpaired) electrons. The number of fused-ring (bicyclic) bond motifs is 1. The number of aryl methyl sites for hydroxylation is 1. The average Bonchev–Trinajstić information content (AvgIpc) is 2.39. The minimum atomic E-state index is 0.748. The fraction of sp³-hybridized carbons (Fsp3) is 0.0625. The maximum Gasteiger partial charge on any atom is 0.0738 e. The van der Waals surface area contributed by atoms with Crippen LogP contribution in [-0.2, 0) is 0 Å². The first-order valence-electron chi connectivity index (χ1n) is 5.96. The Morgan fingerprint density at radius 3 is 2.50 bits per heavy atom. The highest BCUT2D eigenvalue weighted by Crippen LogP contribution is 2.25. The Hall–Kier alpha value is -2.35. The van der Waals surface area contributed by atoms with Crippen LogP contribution in [-0.4, -0.2) is 4.98 Å². The van der Waals surface area contributed by atoms with Crippen molar-refractivity contribution < 1.29 is 0 Å². The summed E-state index contributed by atoms with van der Waals surface area (Å²) >= 11 is 0. The van der Waals surface area contributed by atoms with Crippen LogP contribution in [0.3, 0.4) is 0 Å². The third-order valence-corrected chi connectivity index (χ3v) is 3.08. The molecule has 0 fully saturated rings. The number of pyridine rings is 1. The largest absolute Gasteiger partial charge is 0.399 e. The Labute approximate surface area is 106 Å². The number of anilines is 1. The molecule has 3 rings (SSSR count). The highest BCUT2D eigenvalue weighted by Gasteiger charge is 2.05. The van der Waals surface area contributed by atoms with E-state index in [-0.39, 0.29) is 0 Å². The van der Waals surface area contributed by atoms with Crippen LogP contribution in [0.25, 0.3) is 22.2 Å². The number of nitrogens with two attached hydrogens (primary N) is 1. The lowest BCUT2D eigenvalue weighted by Crippen LogP contribution is -1.91. The quantitative estimate of drug-likeness (QED) is 0.650. The number of benzene rings is 2. The van der Waals surface area contributed by atoms with E-state index in [1.54, 1.807) is 0 Å². The number of aromatic nitrogens is 1. The van der Waals surface area contributed by atoms with Gasteiger partial charge in [-0.15, -0.1) is 0 Å². The summed E-state index contributed by atoms with van der Waals surface area (Å²) in [5, 5.41) is 1.13. The first-order valence-corrected chi connectivity index (χ1v) is 5.96. The van der Waals surface area contributed by atoms with Gasteiger partial charge >= 0.3 is 0 Å². The molecule has 2 nitrogen and oxygen atoms in total. The third-order valence-electron chi connectivity index (χ3n) is 3.08. The maximum atomic E-state index is 5.81. The second kappa shape index (κ2) is 4.15. The second-order valence-electron chi connectivity index (χ2n) is 4.47. The number of nitrogen functional groups attached to an aromatic ring is 1. The fourth-order valence-corrected chi connectivity index (χ4v) is 2.18. The summed E-state index contributed by atoms with van der Waals surface area (Å²) in [4.78, 5) is 4.73. The van der Waals surface area contributed by atoms with Crippen LogP contribution in [0.5, 0.6) is 0 Å². The van der Waals surface area contributed by atoms with Gasteiger partial charge in [0, 0.05) is 16.6 Å². The Bertz CT molecular complexity index is 703. The first kappa shape index (κ1) is 10.8. The van der Waals surface area contributed by atoms with Crippen molar-refractivity contribution >= 4 is 16.6 Å². The van der Waals surface area contributed by atoms with Gasteiger partial charge in [-0.3, -0.25) is 0 Å². The van der Waals surface area contributed by atoms with Crippen molar-refractivity contribution in [2.45, 2.75) is 6.92 Å². The summed E-state index contributed by atoms with van der Waals surface area (Å²) in [6.45, 7) is 2.09. The van der Waals surface area contributed by atoms with Gasteiger partial charge in [0.15, 0.2) is 0 Å². The molecule has 2 aromatic carbocycles. The van der Waals surface area contributed by atoms with Gasteiger partial charge in [-0.2, -0.15) is 0 Å². The van der Waals surface area contributed by atoms with Crippen molar-refractivity contribution in [3.8, 4) is 11.3 Å². The molecular formula is C16H14N2. The van der Waals surface area contributed by atoms with Crippen molar-refractivity contribution in [3.05, 3.63) is 60.2 Å². The molecule has 0 saturated heterocycles. The van der Waals surface area contributed by atoms with Gasteiger partial charge in [0.25, 0.3) is 0 Å². The predicted octanol–water partition coefficient (Wildman–Crippen LogP) is 3.79. The Morgan fingerprint density at radius 1 is 0.944 bits per heavy atom. The Balaban J connectivity index is 2.27. The number of rotatable bonds is 1. The van der Waals surface area contributed by atoms with E-state index in [1.165, 1.54) is 5.56 Å². The topological polar surface area (TPSA) is 38.9 Å². The zero-order valence-electron chi connectivity index (χ0n) is 10.2. The molecule has 0 saturated carbocycles. The number of hydrogen-bond acceptors (Lipinski definition) is 2. The lowest BCUT2D eigenvalue weighted by atomic mass is 10.0. The van der Waals surface area contributed by atoms with Crippen molar-refractivity contribution in [2.24, 2.45) is 0 Å². The van der Waals surface area contributed by atoms with Gasteiger partial charge in [-0.05, 0) is 30.7 Å². The molecule has 0 spiro atoms. The molecule has 0 unspecified atom stereocenters. The van der Waals surface area contributed by atoms with E-state index in [0.717, 1.165) is 27.8 Å². The molecule has 3 aromatic rings. The molecule has 0 aliphatic heterocycles. The van der Waals surface area contributed by atoms with Crippen LogP contribution < -0.4 is 5.73 Å². The van der Waals surface area contributed by atoms with E-state index >= 15 is 0 Å². The monoisotopic (exact) mass is 234 g/mol. The van der Waals surface area contributed by atoms with Crippen LogP contribution in [0.15, 0.2) is 54.6 Å². The summed E-state index contributed by atoms with van der Waals surface area (Å²) < 4.78 is 0. The van der Waals surface area contributed by atoms with Crippen LogP contribution in [0, 0.1) is 6.92 Å². The number of hydrogen-bond donors (Lipinski definition) is 1. The molecule has 18 heavy (non-hydrogen) atoms. The van der Waals surface area contributed by atoms with E-state index in [1.807, 2.05) is 36.4 Å². The van der Waals surface area contributed by atoms with Gasteiger partial charge < -0.3 is 5.73 Å². The summed E-state index contributed by atoms with van der Waals surface area (Å²) in [7, 11) is 0. The van der Waals surface area contributed by atoms with Gasteiger partial charge in [0.05, 0.1) is 11.2 Å². The first-order chi connectivity index (χ1) is 8.74. The van der Waals surface area contributed by atoms with Crippen LogP contribution >= 0.6 is 0 Å². The number of nitrogens with zero attached hydrogens (tertiary/aromatic N) is 1. The van der Waals surface area contributed by atoms with Gasteiger partial charge in [0.2, 0.25) is 0 Å². The normalized spacial score (nSPS) is 10.7. The standard InChI is InChI=1S/C16H14N2/c1-11-9-13-7-8-14(17)10-15(13)18-16(11)12-5-3-2-4-6-12/h2-10H,17H2,1H3. The van der Waals surface area contributed by atoms with Crippen molar-refractivity contribution in [1.82, 2.24) is 4.98 Å². The zero-order chi connectivity index (χ0) is 12.5. The van der Waals surface area contributed by atoms with Crippen LogP contribution in [0.2, 0.25) is 0 Å². The predicted molar refractivity (Wildman–Crippen MR) is 76.3 cm³/mol. The van der Waals surface area contributed by atoms with Gasteiger partial charge in [0.1, 0.15) is 0 Å². The Morgan fingerprint density at radius 2 is 1.72 bits per heavy atom. The molecule has 1 heterocycles. The Kier molecular flexibility index (Phi) is 2.49. The maximum absolute atomic E-state index is 5.81. The summed E-state index contributed by atoms with van der Waals surface area (Å²) in [5.74, 6) is 0.